The van der Waals surface area contributed by atoms with Crippen molar-refractivity contribution in [3.8, 4) is 0 Å². The quantitative estimate of drug-likeness (QED) is 0.737. The zero-order valence-corrected chi connectivity index (χ0v) is 13.0. The van der Waals surface area contributed by atoms with Crippen molar-refractivity contribution in [2.45, 2.75) is 51.5 Å². The summed E-state index contributed by atoms with van der Waals surface area (Å²) >= 11 is 6.92. The van der Waals surface area contributed by atoms with E-state index in [9.17, 15) is 4.79 Å². The first kappa shape index (κ1) is 15.8. The molecule has 5 heteroatoms. The van der Waals surface area contributed by atoms with Crippen molar-refractivity contribution in [2.24, 2.45) is 11.1 Å². The second kappa shape index (κ2) is 7.34. The van der Waals surface area contributed by atoms with Gasteiger partial charge in [-0.2, -0.15) is 11.8 Å². The van der Waals surface area contributed by atoms with Gasteiger partial charge in [-0.15, -0.1) is 0 Å². The molecule has 0 aromatic carbocycles. The van der Waals surface area contributed by atoms with Crippen LogP contribution in [0.2, 0.25) is 0 Å². The maximum atomic E-state index is 12.5. The first-order valence-corrected chi connectivity index (χ1v) is 8.47. The number of carbonyl (C=O) groups is 1. The SMILES string of the molecule is CCC(CSC)NC(=O)C1(C(N)=S)CCCCC1. The van der Waals surface area contributed by atoms with Crippen LogP contribution in [0.1, 0.15) is 45.4 Å². The maximum Gasteiger partial charge on any atom is 0.233 e. The minimum absolute atomic E-state index is 0.0515. The number of thiocarbonyl (C=S) groups is 1. The molecule has 0 aromatic heterocycles. The highest BCUT2D eigenvalue weighted by Gasteiger charge is 2.42. The molecule has 0 heterocycles. The van der Waals surface area contributed by atoms with Gasteiger partial charge in [0.2, 0.25) is 5.91 Å². The number of rotatable bonds is 6. The van der Waals surface area contributed by atoms with Crippen LogP contribution >= 0.6 is 24.0 Å². The van der Waals surface area contributed by atoms with Gasteiger partial charge in [0.1, 0.15) is 0 Å². The Hall–Kier alpha value is -0.290. The number of carbonyl (C=O) groups excluding carboxylic acids is 1. The second-order valence-electron chi connectivity index (χ2n) is 5.04. The fourth-order valence-corrected chi connectivity index (χ4v) is 3.55. The van der Waals surface area contributed by atoms with Crippen LogP contribution in [0, 0.1) is 5.41 Å². The fraction of sp³-hybridized carbons (Fsp3) is 0.846. The van der Waals surface area contributed by atoms with Crippen LogP contribution in [0.5, 0.6) is 0 Å². The molecule has 1 rings (SSSR count). The zero-order valence-electron chi connectivity index (χ0n) is 11.3. The summed E-state index contributed by atoms with van der Waals surface area (Å²) in [4.78, 5) is 12.9. The Labute approximate surface area is 120 Å². The van der Waals surface area contributed by atoms with E-state index in [0.29, 0.717) is 4.99 Å². The summed E-state index contributed by atoms with van der Waals surface area (Å²) in [5.41, 5.74) is 5.28. The van der Waals surface area contributed by atoms with Gasteiger partial charge in [0, 0.05) is 11.8 Å². The highest BCUT2D eigenvalue weighted by Crippen LogP contribution is 2.37. The molecule has 3 N–H and O–H groups in total. The Kier molecular flexibility index (Phi) is 6.43. The lowest BCUT2D eigenvalue weighted by molar-refractivity contribution is -0.129. The number of amides is 1. The molecule has 0 bridgehead atoms. The summed E-state index contributed by atoms with van der Waals surface area (Å²) in [5.74, 6) is 0.992. The van der Waals surface area contributed by atoms with Crippen molar-refractivity contribution in [1.82, 2.24) is 5.32 Å². The summed E-state index contributed by atoms with van der Waals surface area (Å²) in [5, 5.41) is 3.13. The molecule has 1 unspecified atom stereocenters. The first-order chi connectivity index (χ1) is 8.56. The molecule has 3 nitrogen and oxygen atoms in total. The van der Waals surface area contributed by atoms with Crippen LogP contribution in [-0.2, 0) is 4.79 Å². The Morgan fingerprint density at radius 2 is 2.06 bits per heavy atom. The molecule has 1 fully saturated rings. The fourth-order valence-electron chi connectivity index (χ4n) is 2.53. The minimum atomic E-state index is -0.584. The first-order valence-electron chi connectivity index (χ1n) is 6.66. The van der Waals surface area contributed by atoms with Gasteiger partial charge in [-0.1, -0.05) is 38.4 Å². The van der Waals surface area contributed by atoms with Crippen molar-refractivity contribution in [3.63, 3.8) is 0 Å². The number of nitrogens with one attached hydrogen (secondary N) is 1. The van der Waals surface area contributed by atoms with Crippen LogP contribution < -0.4 is 11.1 Å². The topological polar surface area (TPSA) is 55.1 Å². The lowest BCUT2D eigenvalue weighted by Gasteiger charge is -2.36. The zero-order chi connectivity index (χ0) is 13.6. The molecule has 1 atom stereocenters. The van der Waals surface area contributed by atoms with Gasteiger partial charge in [-0.25, -0.2) is 0 Å². The van der Waals surface area contributed by atoms with Gasteiger partial charge < -0.3 is 11.1 Å². The third-order valence-electron chi connectivity index (χ3n) is 3.81. The van der Waals surface area contributed by atoms with E-state index in [1.54, 1.807) is 11.8 Å². The van der Waals surface area contributed by atoms with E-state index < -0.39 is 5.41 Å². The molecule has 1 aliphatic rings. The van der Waals surface area contributed by atoms with Crippen molar-refractivity contribution in [2.75, 3.05) is 12.0 Å². The van der Waals surface area contributed by atoms with E-state index in [1.165, 1.54) is 6.42 Å². The predicted octanol–water partition coefficient (Wildman–Crippen LogP) is 2.48. The van der Waals surface area contributed by atoms with Crippen LogP contribution in [0.4, 0.5) is 0 Å². The molecule has 104 valence electrons. The predicted molar refractivity (Wildman–Crippen MR) is 82.9 cm³/mol. The van der Waals surface area contributed by atoms with Gasteiger partial charge in [0.05, 0.1) is 10.4 Å². The lowest BCUT2D eigenvalue weighted by Crippen LogP contribution is -2.52. The number of hydrogen-bond donors (Lipinski definition) is 2. The molecule has 0 spiro atoms. The van der Waals surface area contributed by atoms with Crippen molar-refractivity contribution >= 4 is 34.9 Å². The highest BCUT2D eigenvalue weighted by molar-refractivity contribution is 7.98. The molecule has 1 amide bonds. The van der Waals surface area contributed by atoms with Crippen molar-refractivity contribution in [1.29, 1.82) is 0 Å². The van der Waals surface area contributed by atoms with E-state index >= 15 is 0 Å². The van der Waals surface area contributed by atoms with Gasteiger partial charge in [-0.05, 0) is 25.5 Å². The van der Waals surface area contributed by atoms with Gasteiger partial charge in [0.15, 0.2) is 0 Å². The summed E-state index contributed by atoms with van der Waals surface area (Å²) < 4.78 is 0. The molecular formula is C13H24N2OS2. The van der Waals surface area contributed by atoms with Crippen molar-refractivity contribution < 1.29 is 4.79 Å². The summed E-state index contributed by atoms with van der Waals surface area (Å²) in [6.45, 7) is 2.09. The number of hydrogen-bond acceptors (Lipinski definition) is 3. The monoisotopic (exact) mass is 288 g/mol. The van der Waals surface area contributed by atoms with E-state index in [0.717, 1.165) is 37.9 Å². The molecular weight excluding hydrogens is 264 g/mol. The minimum Gasteiger partial charge on any atom is -0.392 e. The molecule has 1 aliphatic carbocycles. The Bertz CT molecular complexity index is 301. The van der Waals surface area contributed by atoms with Crippen molar-refractivity contribution in [3.05, 3.63) is 0 Å². The van der Waals surface area contributed by atoms with E-state index in [-0.39, 0.29) is 11.9 Å². The summed E-state index contributed by atoms with van der Waals surface area (Å²) in [6.07, 6.45) is 7.89. The Morgan fingerprint density at radius 3 is 2.50 bits per heavy atom. The largest absolute Gasteiger partial charge is 0.392 e. The Morgan fingerprint density at radius 1 is 1.44 bits per heavy atom. The van der Waals surface area contributed by atoms with Gasteiger partial charge in [-0.3, -0.25) is 4.79 Å². The summed E-state index contributed by atoms with van der Waals surface area (Å²) in [7, 11) is 0. The normalized spacial score (nSPS) is 20.1. The average molecular weight is 288 g/mol. The highest BCUT2D eigenvalue weighted by atomic mass is 32.2. The molecule has 0 radical (unpaired) electrons. The molecule has 18 heavy (non-hydrogen) atoms. The van der Waals surface area contributed by atoms with E-state index in [1.807, 2.05) is 0 Å². The Balaban J connectivity index is 2.73. The molecule has 0 saturated heterocycles. The van der Waals surface area contributed by atoms with E-state index in [2.05, 4.69) is 18.5 Å². The third-order valence-corrected chi connectivity index (χ3v) is 4.94. The molecule has 1 saturated carbocycles. The lowest BCUT2D eigenvalue weighted by atomic mass is 9.73. The van der Waals surface area contributed by atoms with Crippen LogP contribution in [-0.4, -0.2) is 28.9 Å². The number of nitrogens with two attached hydrogens (primary N) is 1. The smallest absolute Gasteiger partial charge is 0.233 e. The number of thioether (sulfide) groups is 1. The van der Waals surface area contributed by atoms with Crippen LogP contribution in [0.3, 0.4) is 0 Å². The van der Waals surface area contributed by atoms with Gasteiger partial charge >= 0.3 is 0 Å². The van der Waals surface area contributed by atoms with Crippen LogP contribution in [0.25, 0.3) is 0 Å². The standard InChI is InChI=1S/C13H24N2OS2/c1-3-10(9-18-2)15-12(16)13(11(14)17)7-5-4-6-8-13/h10H,3-9H2,1-2H3,(H2,14,17)(H,15,16). The summed E-state index contributed by atoms with van der Waals surface area (Å²) in [6, 6.07) is 0.223. The maximum absolute atomic E-state index is 12.5. The van der Waals surface area contributed by atoms with Gasteiger partial charge in [0.25, 0.3) is 0 Å². The average Bonchev–Trinajstić information content (AvgIpc) is 2.38. The third kappa shape index (κ3) is 3.60. The molecule has 0 aliphatic heterocycles. The van der Waals surface area contributed by atoms with Crippen LogP contribution in [0.15, 0.2) is 0 Å². The second-order valence-corrected chi connectivity index (χ2v) is 6.39. The van der Waals surface area contributed by atoms with E-state index in [4.69, 9.17) is 18.0 Å². The molecule has 0 aromatic rings.